The third-order valence-electron chi connectivity index (χ3n) is 9.36. The number of aromatic hydroxyl groups is 1. The number of anilines is 2. The van der Waals surface area contributed by atoms with Gasteiger partial charge in [-0.25, -0.2) is 8.78 Å². The van der Waals surface area contributed by atoms with E-state index < -0.39 is 17.8 Å². The number of phenolic OH excluding ortho intramolecular Hbond substituents is 1. The summed E-state index contributed by atoms with van der Waals surface area (Å²) in [5, 5.41) is 21.5. The quantitative estimate of drug-likeness (QED) is 0.425. The molecule has 2 N–H and O–H groups in total. The molecule has 12 heteroatoms. The highest BCUT2D eigenvalue weighted by molar-refractivity contribution is 6.16. The largest absolute Gasteiger partial charge is 0.508 e. The van der Waals surface area contributed by atoms with Gasteiger partial charge in [0.05, 0.1) is 42.8 Å². The summed E-state index contributed by atoms with van der Waals surface area (Å²) in [6.07, 6.45) is 1.26. The lowest BCUT2D eigenvalue weighted by Crippen LogP contribution is -2.45. The van der Waals surface area contributed by atoms with Crippen molar-refractivity contribution in [3.63, 3.8) is 0 Å². The number of benzene rings is 2. The number of ether oxygens (including phenoxy) is 2. The first-order valence-electron chi connectivity index (χ1n) is 15.0. The van der Waals surface area contributed by atoms with Gasteiger partial charge in [-0.3, -0.25) is 9.69 Å². The molecule has 0 spiro atoms. The lowest BCUT2D eigenvalue weighted by Gasteiger charge is -2.34. The van der Waals surface area contributed by atoms with Crippen molar-refractivity contribution in [3.05, 3.63) is 46.9 Å². The number of nitrogens with zero attached hydrogens (tertiary/aromatic N) is 5. The van der Waals surface area contributed by atoms with Crippen LogP contribution in [0.5, 0.6) is 11.8 Å². The van der Waals surface area contributed by atoms with E-state index in [-0.39, 0.29) is 43.2 Å². The van der Waals surface area contributed by atoms with Crippen LogP contribution >= 0.6 is 0 Å². The molecule has 3 aromatic rings. The maximum Gasteiger partial charge on any atom is 0.318 e. The van der Waals surface area contributed by atoms with Gasteiger partial charge in [-0.15, -0.1) is 0 Å². The van der Waals surface area contributed by atoms with Gasteiger partial charge in [-0.2, -0.15) is 9.97 Å². The highest BCUT2D eigenvalue weighted by atomic mass is 19.1. The predicted molar refractivity (Wildman–Crippen MR) is 155 cm³/mol. The summed E-state index contributed by atoms with van der Waals surface area (Å²) < 4.78 is 41.2. The number of morpholine rings is 1. The minimum Gasteiger partial charge on any atom is -0.508 e. The van der Waals surface area contributed by atoms with Crippen LogP contribution in [-0.4, -0.2) is 94.8 Å². The van der Waals surface area contributed by atoms with Crippen molar-refractivity contribution < 1.29 is 33.3 Å². The topological polar surface area (TPSA) is 111 Å². The van der Waals surface area contributed by atoms with Gasteiger partial charge in [0.2, 0.25) is 0 Å². The molecule has 4 aliphatic rings. The van der Waals surface area contributed by atoms with E-state index in [1.807, 2.05) is 11.8 Å². The van der Waals surface area contributed by atoms with Crippen LogP contribution in [0.2, 0.25) is 0 Å². The third-order valence-corrected chi connectivity index (χ3v) is 9.36. The standard InChI is InChI=1S/C31H35F2N5O5/c1-2-22-23(33)5-4-18-10-20(40)11-25(26(18)22)38-15-24-27(29(38)41)28(36-8-9-42-21(14-36)16-39)35-30(34-24)43-17-31-6-3-7-37(31)13-19(32)12-31/h4-5,10-11,19,21,39-40H,2-3,6-9,12-17H2,1H3/t19-,21?,31+/m1/s1. The van der Waals surface area contributed by atoms with Crippen LogP contribution in [0.1, 0.15) is 47.8 Å². The molecular formula is C31H35F2N5O5. The van der Waals surface area contributed by atoms with Crippen molar-refractivity contribution in [2.45, 2.75) is 57.0 Å². The van der Waals surface area contributed by atoms with Crippen molar-refractivity contribution in [3.8, 4) is 11.8 Å². The lowest BCUT2D eigenvalue weighted by molar-refractivity contribution is 0.00327. The van der Waals surface area contributed by atoms with Crippen molar-refractivity contribution in [1.29, 1.82) is 0 Å². The van der Waals surface area contributed by atoms with Gasteiger partial charge in [0.25, 0.3) is 5.91 Å². The molecule has 3 atom stereocenters. The molecule has 3 saturated heterocycles. The molecule has 0 aliphatic carbocycles. The highest BCUT2D eigenvalue weighted by Gasteiger charge is 2.49. The number of aromatic nitrogens is 2. The summed E-state index contributed by atoms with van der Waals surface area (Å²) in [6, 6.07) is 6.10. The molecule has 43 heavy (non-hydrogen) atoms. The number of carbonyl (C=O) groups is 1. The van der Waals surface area contributed by atoms with Crippen molar-refractivity contribution in [2.24, 2.45) is 0 Å². The number of fused-ring (bicyclic) bond motifs is 3. The Morgan fingerprint density at radius 2 is 2.07 bits per heavy atom. The molecule has 5 heterocycles. The van der Waals surface area contributed by atoms with Crippen LogP contribution in [-0.2, 0) is 17.7 Å². The summed E-state index contributed by atoms with van der Waals surface area (Å²) in [6.45, 7) is 4.29. The number of alkyl halides is 1. The fraction of sp³-hybridized carbons (Fsp3) is 0.516. The highest BCUT2D eigenvalue weighted by Crippen LogP contribution is 2.43. The number of hydrogen-bond acceptors (Lipinski definition) is 9. The summed E-state index contributed by atoms with van der Waals surface area (Å²) in [4.78, 5) is 29.1. The Bertz CT molecular complexity index is 1590. The van der Waals surface area contributed by atoms with Crippen molar-refractivity contribution in [1.82, 2.24) is 14.9 Å². The van der Waals surface area contributed by atoms with E-state index in [1.165, 1.54) is 17.0 Å². The second-order valence-corrected chi connectivity index (χ2v) is 12.0. The van der Waals surface area contributed by atoms with Crippen LogP contribution < -0.4 is 14.5 Å². The molecule has 3 fully saturated rings. The number of aliphatic hydroxyl groups excluding tert-OH is 1. The number of aryl methyl sites for hydroxylation is 1. The Morgan fingerprint density at radius 1 is 1.21 bits per heavy atom. The zero-order valence-electron chi connectivity index (χ0n) is 24.1. The lowest BCUT2D eigenvalue weighted by atomic mass is 9.95. The fourth-order valence-electron chi connectivity index (χ4n) is 7.35. The summed E-state index contributed by atoms with van der Waals surface area (Å²) in [7, 11) is 0. The van der Waals surface area contributed by atoms with E-state index >= 15 is 0 Å². The number of carbonyl (C=O) groups excluding carboxylic acids is 1. The Morgan fingerprint density at radius 3 is 2.88 bits per heavy atom. The molecule has 1 unspecified atom stereocenters. The number of halogens is 2. The SMILES string of the molecule is CCc1c(F)ccc2cc(O)cc(N3Cc4nc(OC[C@@]56CCCN5C[C@H](F)C6)nc(N5CCOC(CO)C5)c4C3=O)c12. The minimum atomic E-state index is -0.898. The summed E-state index contributed by atoms with van der Waals surface area (Å²) in [5.41, 5.74) is 1.18. The van der Waals surface area contributed by atoms with Gasteiger partial charge in [0.1, 0.15) is 35.7 Å². The zero-order valence-corrected chi connectivity index (χ0v) is 24.1. The second kappa shape index (κ2) is 10.8. The minimum absolute atomic E-state index is 0.0441. The monoisotopic (exact) mass is 595 g/mol. The molecule has 10 nitrogen and oxygen atoms in total. The molecule has 1 aromatic heterocycles. The summed E-state index contributed by atoms with van der Waals surface area (Å²) >= 11 is 0. The van der Waals surface area contributed by atoms with E-state index in [2.05, 4.69) is 9.88 Å². The summed E-state index contributed by atoms with van der Waals surface area (Å²) in [5.74, 6) is -0.430. The van der Waals surface area contributed by atoms with E-state index in [4.69, 9.17) is 14.5 Å². The predicted octanol–water partition coefficient (Wildman–Crippen LogP) is 3.35. The molecule has 4 aliphatic heterocycles. The molecule has 228 valence electrons. The van der Waals surface area contributed by atoms with Gasteiger partial charge < -0.3 is 29.5 Å². The van der Waals surface area contributed by atoms with E-state index in [0.717, 1.165) is 19.4 Å². The van der Waals surface area contributed by atoms with E-state index in [1.54, 1.807) is 12.1 Å². The normalized spacial score (nSPS) is 25.5. The fourth-order valence-corrected chi connectivity index (χ4v) is 7.35. The average molecular weight is 596 g/mol. The smallest absolute Gasteiger partial charge is 0.318 e. The maximum absolute atomic E-state index is 14.9. The third kappa shape index (κ3) is 4.76. The Kier molecular flexibility index (Phi) is 7.10. The second-order valence-electron chi connectivity index (χ2n) is 12.0. The maximum atomic E-state index is 14.9. The molecule has 0 saturated carbocycles. The van der Waals surface area contributed by atoms with Gasteiger partial charge in [-0.05, 0) is 48.9 Å². The first-order valence-corrected chi connectivity index (χ1v) is 15.0. The number of amides is 1. The number of rotatable bonds is 7. The van der Waals surface area contributed by atoms with Crippen molar-refractivity contribution in [2.75, 3.05) is 55.8 Å². The molecule has 1 amide bonds. The Hall–Kier alpha value is -3.61. The van der Waals surface area contributed by atoms with Gasteiger partial charge in [0, 0.05) is 37.5 Å². The molecular weight excluding hydrogens is 560 g/mol. The van der Waals surface area contributed by atoms with Crippen LogP contribution in [0.3, 0.4) is 0 Å². The van der Waals surface area contributed by atoms with Gasteiger partial charge >= 0.3 is 6.01 Å². The molecule has 0 bridgehead atoms. The molecule has 0 radical (unpaired) electrons. The van der Waals surface area contributed by atoms with Gasteiger partial charge in [-0.1, -0.05) is 13.0 Å². The van der Waals surface area contributed by atoms with Crippen molar-refractivity contribution >= 4 is 28.2 Å². The Labute approximate surface area is 247 Å². The first kappa shape index (κ1) is 28.2. The first-order chi connectivity index (χ1) is 20.8. The number of phenols is 1. The van der Waals surface area contributed by atoms with E-state index in [9.17, 15) is 23.8 Å². The Balaban J connectivity index is 1.29. The van der Waals surface area contributed by atoms with Crippen LogP contribution in [0.15, 0.2) is 24.3 Å². The van der Waals surface area contributed by atoms with Crippen LogP contribution in [0.25, 0.3) is 10.8 Å². The average Bonchev–Trinajstić information content (AvgIpc) is 3.65. The zero-order chi connectivity index (χ0) is 29.9. The molecule has 2 aromatic carbocycles. The van der Waals surface area contributed by atoms with E-state index in [0.29, 0.717) is 78.2 Å². The number of hydrogen-bond donors (Lipinski definition) is 2. The number of aliphatic hydroxyl groups is 1. The van der Waals surface area contributed by atoms with Crippen LogP contribution in [0.4, 0.5) is 20.3 Å². The van der Waals surface area contributed by atoms with Crippen LogP contribution in [0, 0.1) is 5.82 Å². The molecule has 7 rings (SSSR count). The van der Waals surface area contributed by atoms with Gasteiger partial charge in [0.15, 0.2) is 0 Å².